The average Bonchev–Trinajstić information content (AvgIpc) is 3.57. The highest BCUT2D eigenvalue weighted by molar-refractivity contribution is 6.02. The van der Waals surface area contributed by atoms with Crippen LogP contribution in [0.15, 0.2) is 69.7 Å². The van der Waals surface area contributed by atoms with Crippen LogP contribution in [0.1, 0.15) is 54.4 Å². The van der Waals surface area contributed by atoms with Crippen molar-refractivity contribution in [1.29, 1.82) is 0 Å². The van der Waals surface area contributed by atoms with Crippen LogP contribution in [0.3, 0.4) is 0 Å². The molecular weight excluding hydrogens is 737 g/mol. The molecule has 0 radical (unpaired) electrons. The maximum absolute atomic E-state index is 13.8. The summed E-state index contributed by atoms with van der Waals surface area (Å²) < 4.78 is 0. The van der Waals surface area contributed by atoms with Gasteiger partial charge in [-0.3, -0.25) is 38.9 Å². The zero-order chi connectivity index (χ0) is 41.9. The number of H-pyrrole nitrogens is 1. The van der Waals surface area contributed by atoms with Crippen molar-refractivity contribution in [2.24, 2.45) is 60.8 Å². The molecule has 4 atom stereocenters. The zero-order valence-electron chi connectivity index (χ0n) is 31.6. The van der Waals surface area contributed by atoms with Crippen molar-refractivity contribution in [3.63, 3.8) is 0 Å². The van der Waals surface area contributed by atoms with Gasteiger partial charge in [-0.05, 0) is 68.4 Å². The van der Waals surface area contributed by atoms with Crippen LogP contribution in [0, 0.1) is 0 Å². The van der Waals surface area contributed by atoms with Crippen molar-refractivity contribution in [3.8, 4) is 0 Å². The van der Waals surface area contributed by atoms with Gasteiger partial charge < -0.3 is 72.1 Å². The standard InChI is InChI=1S/C36H54N16O5/c37-24(10-4-14-45-34(39)40)31(55)52-28(18-21-19-48-25-11-2-1-9-23(21)25)33(57)49-22-8-3-7-20(17-22)30(54)51-27(13-6-16-47-36(43)44)32(56)50-26(29(38)53)12-5-15-46-35(41)42/h1-3,7-9,11,17,19,24,26-28,48H,4-6,10,12-16,18,37H2,(H2,38,53)(H,49,57)(H,50,56)(H,51,54)(H,52,55)(H4,39,40,45)(H4,41,42,46)(H4,43,44,47). The molecule has 0 aliphatic rings. The molecule has 0 saturated heterocycles. The Labute approximate surface area is 329 Å². The lowest BCUT2D eigenvalue weighted by Crippen LogP contribution is -2.53. The molecule has 0 aliphatic heterocycles. The molecule has 4 unspecified atom stereocenters. The van der Waals surface area contributed by atoms with E-state index in [0.29, 0.717) is 19.3 Å². The second kappa shape index (κ2) is 22.5. The number of nitrogens with two attached hydrogens (primary N) is 8. The van der Waals surface area contributed by atoms with Gasteiger partial charge in [-0.1, -0.05) is 24.3 Å². The van der Waals surface area contributed by atoms with Crippen molar-refractivity contribution in [2.75, 3.05) is 25.0 Å². The van der Waals surface area contributed by atoms with Crippen LogP contribution in [0.25, 0.3) is 10.9 Å². The first-order valence-corrected chi connectivity index (χ1v) is 18.2. The number of nitrogens with one attached hydrogen (secondary N) is 5. The fourth-order valence-corrected chi connectivity index (χ4v) is 5.70. The third-order valence-corrected chi connectivity index (χ3v) is 8.60. The van der Waals surface area contributed by atoms with E-state index in [1.165, 1.54) is 18.2 Å². The molecule has 57 heavy (non-hydrogen) atoms. The lowest BCUT2D eigenvalue weighted by molar-refractivity contribution is -0.128. The number of hydrogen-bond donors (Lipinski definition) is 13. The lowest BCUT2D eigenvalue weighted by atomic mass is 10.0. The number of aromatic nitrogens is 1. The minimum Gasteiger partial charge on any atom is -0.370 e. The van der Waals surface area contributed by atoms with Gasteiger partial charge in [-0.2, -0.15) is 0 Å². The van der Waals surface area contributed by atoms with Gasteiger partial charge in [0.1, 0.15) is 18.1 Å². The van der Waals surface area contributed by atoms with Gasteiger partial charge in [0.05, 0.1) is 6.04 Å². The summed E-state index contributed by atoms with van der Waals surface area (Å²) in [7, 11) is 0. The highest BCUT2D eigenvalue weighted by Gasteiger charge is 2.28. The molecule has 0 fully saturated rings. The first kappa shape index (κ1) is 44.5. The fraction of sp³-hybridized carbons (Fsp3) is 0.389. The molecule has 1 heterocycles. The first-order chi connectivity index (χ1) is 27.1. The summed E-state index contributed by atoms with van der Waals surface area (Å²) >= 11 is 0. The molecule has 3 aromatic rings. The lowest BCUT2D eigenvalue weighted by Gasteiger charge is -2.22. The summed E-state index contributed by atoms with van der Waals surface area (Å²) in [5.41, 5.74) is 45.9. The van der Waals surface area contributed by atoms with Crippen molar-refractivity contribution < 1.29 is 24.0 Å². The Hall–Kier alpha value is -6.90. The number of para-hydroxylation sites is 1. The van der Waals surface area contributed by atoms with Crippen molar-refractivity contribution >= 4 is 64.0 Å². The summed E-state index contributed by atoms with van der Waals surface area (Å²) in [4.78, 5) is 81.0. The number of aromatic amines is 1. The summed E-state index contributed by atoms with van der Waals surface area (Å²) in [6.07, 6.45) is 3.44. The molecule has 0 spiro atoms. The Morgan fingerprint density at radius 1 is 0.632 bits per heavy atom. The SMILES string of the molecule is NC(=O)C(CCCN=C(N)N)NC(=O)C(CCCN=C(N)N)NC(=O)c1cccc(NC(=O)C(Cc2c[nH]c3ccccc23)NC(=O)C(N)CCCN=C(N)N)c1. The topological polar surface area (TPSA) is 394 Å². The highest BCUT2D eigenvalue weighted by Crippen LogP contribution is 2.20. The second-order valence-corrected chi connectivity index (χ2v) is 13.1. The minimum atomic E-state index is -1.14. The Bertz CT molecular complexity index is 1930. The number of hydrogen-bond acceptors (Lipinski definition) is 9. The largest absolute Gasteiger partial charge is 0.370 e. The molecule has 2 aromatic carbocycles. The minimum absolute atomic E-state index is 0.0725. The molecular formula is C36H54N16O5. The number of amides is 5. The Morgan fingerprint density at radius 3 is 1.82 bits per heavy atom. The Balaban J connectivity index is 1.78. The fourth-order valence-electron chi connectivity index (χ4n) is 5.70. The van der Waals surface area contributed by atoms with E-state index in [-0.39, 0.29) is 74.4 Å². The smallest absolute Gasteiger partial charge is 0.252 e. The summed E-state index contributed by atoms with van der Waals surface area (Å²) in [5.74, 6) is -3.58. The van der Waals surface area contributed by atoms with E-state index in [4.69, 9.17) is 45.9 Å². The molecule has 0 bridgehead atoms. The number of guanidine groups is 3. The summed E-state index contributed by atoms with van der Waals surface area (Å²) in [6, 6.07) is 9.30. The molecule has 308 valence electrons. The molecule has 0 aliphatic carbocycles. The number of benzene rings is 2. The van der Waals surface area contributed by atoms with E-state index in [2.05, 4.69) is 41.2 Å². The van der Waals surface area contributed by atoms with E-state index >= 15 is 0 Å². The molecule has 1 aromatic heterocycles. The van der Waals surface area contributed by atoms with Crippen LogP contribution in [-0.4, -0.2) is 96.2 Å². The van der Waals surface area contributed by atoms with E-state index in [0.717, 1.165) is 16.5 Å². The second-order valence-electron chi connectivity index (χ2n) is 13.1. The summed E-state index contributed by atoms with van der Waals surface area (Å²) in [6.45, 7) is 0.658. The van der Waals surface area contributed by atoms with Crippen LogP contribution in [0.5, 0.6) is 0 Å². The van der Waals surface area contributed by atoms with Crippen LogP contribution in [0.4, 0.5) is 5.69 Å². The highest BCUT2D eigenvalue weighted by atomic mass is 16.2. The van der Waals surface area contributed by atoms with Crippen molar-refractivity contribution in [1.82, 2.24) is 20.9 Å². The van der Waals surface area contributed by atoms with Crippen molar-refractivity contribution in [3.05, 3.63) is 65.9 Å². The van der Waals surface area contributed by atoms with E-state index in [1.54, 1.807) is 12.3 Å². The van der Waals surface area contributed by atoms with Gasteiger partial charge in [0.15, 0.2) is 17.9 Å². The van der Waals surface area contributed by atoms with Gasteiger partial charge in [-0.15, -0.1) is 0 Å². The number of carbonyl (C=O) groups excluding carboxylic acids is 5. The number of fused-ring (bicyclic) bond motifs is 1. The van der Waals surface area contributed by atoms with E-state index in [1.807, 2.05) is 24.3 Å². The van der Waals surface area contributed by atoms with Crippen LogP contribution in [0.2, 0.25) is 0 Å². The predicted octanol–water partition coefficient (Wildman–Crippen LogP) is -2.61. The number of anilines is 1. The van der Waals surface area contributed by atoms with E-state index in [9.17, 15) is 24.0 Å². The van der Waals surface area contributed by atoms with Gasteiger partial charge >= 0.3 is 0 Å². The van der Waals surface area contributed by atoms with Gasteiger partial charge in [-0.25, -0.2) is 0 Å². The molecule has 5 amide bonds. The van der Waals surface area contributed by atoms with Crippen LogP contribution >= 0.6 is 0 Å². The molecule has 21 N–H and O–H groups in total. The first-order valence-electron chi connectivity index (χ1n) is 18.2. The average molecular weight is 791 g/mol. The zero-order valence-corrected chi connectivity index (χ0v) is 31.6. The Morgan fingerprint density at radius 2 is 1.21 bits per heavy atom. The van der Waals surface area contributed by atoms with Crippen molar-refractivity contribution in [2.45, 2.75) is 69.1 Å². The third kappa shape index (κ3) is 15.4. The number of aliphatic imine (C=N–C) groups is 3. The number of nitrogens with zero attached hydrogens (tertiary/aromatic N) is 3. The maximum Gasteiger partial charge on any atom is 0.252 e. The predicted molar refractivity (Wildman–Crippen MR) is 219 cm³/mol. The number of rotatable bonds is 23. The van der Waals surface area contributed by atoms with E-state index < -0.39 is 53.7 Å². The maximum atomic E-state index is 13.8. The number of primary amides is 1. The quantitative estimate of drug-likeness (QED) is 0.0267. The molecule has 21 heteroatoms. The molecule has 3 rings (SSSR count). The number of carbonyl (C=O) groups is 5. The normalized spacial score (nSPS) is 12.9. The molecule has 0 saturated carbocycles. The van der Waals surface area contributed by atoms with Crippen LogP contribution < -0.4 is 67.1 Å². The van der Waals surface area contributed by atoms with Gasteiger partial charge in [0, 0.05) is 54.4 Å². The Kier molecular flexibility index (Phi) is 17.5. The van der Waals surface area contributed by atoms with Crippen LogP contribution in [-0.2, 0) is 25.6 Å². The third-order valence-electron chi connectivity index (χ3n) is 8.60. The van der Waals surface area contributed by atoms with Gasteiger partial charge in [0.25, 0.3) is 5.91 Å². The monoisotopic (exact) mass is 790 g/mol. The molecule has 21 nitrogen and oxygen atoms in total. The van der Waals surface area contributed by atoms with Gasteiger partial charge in [0.2, 0.25) is 23.6 Å². The summed E-state index contributed by atoms with van der Waals surface area (Å²) in [5, 5.41) is 11.7.